The van der Waals surface area contributed by atoms with E-state index in [1.165, 1.54) is 13.3 Å². The maximum Gasteiger partial charge on any atom is 0.511 e. The number of hydrogen-bond donors (Lipinski definition) is 2. The van der Waals surface area contributed by atoms with Crippen molar-refractivity contribution >= 4 is 18.1 Å². The standard InChI is InChI=1S/C23H32FNO8/c1-5-6-30-15-9-12-16(22(12,24)17(26)27)23(15,25)18(28)31-10(2)32-19(29)33-14-8-11-7-13-20(11,3)21(13,14)4/h10-16H,5-9,25H2,1-4H3,(H,26,27)/t10?,11-,12+,13?,14+,15+,16-,20?,21+,22+,23-/m0/s1. The molecule has 5 rings (SSSR count). The molecule has 0 bridgehead atoms. The predicted molar refractivity (Wildman–Crippen MR) is 109 cm³/mol. The number of ether oxygens (including phenoxy) is 4. The summed E-state index contributed by atoms with van der Waals surface area (Å²) in [6.07, 6.45) is -0.804. The molecular weight excluding hydrogens is 437 g/mol. The lowest BCUT2D eigenvalue weighted by Gasteiger charge is -2.34. The number of alkyl halides is 1. The van der Waals surface area contributed by atoms with Gasteiger partial charge < -0.3 is 29.8 Å². The zero-order valence-corrected chi connectivity index (χ0v) is 19.3. The molecule has 0 heterocycles. The fourth-order valence-electron chi connectivity index (χ4n) is 7.75. The second-order valence-electron chi connectivity index (χ2n) is 10.9. The number of carboxylic acid groups (broad SMARTS) is 1. The first-order valence-corrected chi connectivity index (χ1v) is 11.8. The average molecular weight is 470 g/mol. The molecule has 0 spiro atoms. The second-order valence-corrected chi connectivity index (χ2v) is 10.9. The van der Waals surface area contributed by atoms with E-state index in [1.807, 2.05) is 6.92 Å². The molecular formula is C23H32FNO8. The van der Waals surface area contributed by atoms with Gasteiger partial charge in [-0.3, -0.25) is 0 Å². The summed E-state index contributed by atoms with van der Waals surface area (Å²) < 4.78 is 36.5. The van der Waals surface area contributed by atoms with Crippen molar-refractivity contribution in [2.45, 2.75) is 83.1 Å². The molecule has 10 heteroatoms. The Labute approximate surface area is 191 Å². The van der Waals surface area contributed by atoms with E-state index in [4.69, 9.17) is 24.7 Å². The van der Waals surface area contributed by atoms with Crippen LogP contribution in [0.15, 0.2) is 0 Å². The van der Waals surface area contributed by atoms with Crippen LogP contribution in [0.1, 0.15) is 53.4 Å². The molecule has 5 fully saturated rings. The average Bonchev–Trinajstić information content (AvgIpc) is 3.34. The first-order valence-electron chi connectivity index (χ1n) is 11.8. The number of carbonyl (C=O) groups is 3. The van der Waals surface area contributed by atoms with E-state index >= 15 is 0 Å². The number of carboxylic acids is 1. The molecule has 11 atom stereocenters. The maximum absolute atomic E-state index is 15.0. The van der Waals surface area contributed by atoms with Crippen molar-refractivity contribution in [3.05, 3.63) is 0 Å². The number of halogens is 1. The summed E-state index contributed by atoms with van der Waals surface area (Å²) in [7, 11) is 0. The van der Waals surface area contributed by atoms with Crippen molar-refractivity contribution < 1.29 is 42.8 Å². The molecule has 0 aliphatic heterocycles. The SMILES string of the molecule is CCCO[C@@H]1C[C@@H]2[C@H]([C@]1(N)C(=O)OC(C)OC(=O)O[C@@H]1C[C@@H]3CC4C3(C)[C@]41C)[C@@]2(F)C(=O)O. The van der Waals surface area contributed by atoms with Gasteiger partial charge in [-0.2, -0.15) is 0 Å². The highest BCUT2D eigenvalue weighted by Gasteiger charge is 2.87. The molecule has 0 radical (unpaired) electrons. The molecule has 0 aromatic carbocycles. The van der Waals surface area contributed by atoms with Crippen molar-refractivity contribution in [1.29, 1.82) is 0 Å². The molecule has 0 amide bonds. The van der Waals surface area contributed by atoms with Crippen LogP contribution in [0.3, 0.4) is 0 Å². The Kier molecular flexibility index (Phi) is 4.71. The maximum atomic E-state index is 15.0. The highest BCUT2D eigenvalue weighted by Crippen LogP contribution is 2.89. The fraction of sp³-hybridized carbons (Fsp3) is 0.870. The Morgan fingerprint density at radius 2 is 1.82 bits per heavy atom. The van der Waals surface area contributed by atoms with Crippen LogP contribution in [0.5, 0.6) is 0 Å². The van der Waals surface area contributed by atoms with Gasteiger partial charge in [0.15, 0.2) is 0 Å². The van der Waals surface area contributed by atoms with E-state index in [2.05, 4.69) is 13.8 Å². The molecule has 5 saturated carbocycles. The fourth-order valence-corrected chi connectivity index (χ4v) is 7.75. The Hall–Kier alpha value is -1.94. The first-order chi connectivity index (χ1) is 15.4. The third-order valence-corrected chi connectivity index (χ3v) is 9.84. The number of carbonyl (C=O) groups excluding carboxylic acids is 2. The Balaban J connectivity index is 1.20. The summed E-state index contributed by atoms with van der Waals surface area (Å²) in [5.74, 6) is -3.79. The lowest BCUT2D eigenvalue weighted by Crippen LogP contribution is -2.61. The van der Waals surface area contributed by atoms with E-state index < -0.39 is 53.5 Å². The monoisotopic (exact) mass is 469 g/mol. The Morgan fingerprint density at radius 1 is 1.12 bits per heavy atom. The van der Waals surface area contributed by atoms with Gasteiger partial charge in [0.25, 0.3) is 0 Å². The van der Waals surface area contributed by atoms with Gasteiger partial charge in [0, 0.05) is 30.8 Å². The number of aliphatic carboxylic acids is 1. The summed E-state index contributed by atoms with van der Waals surface area (Å²) in [6.45, 7) is 7.85. The van der Waals surface area contributed by atoms with E-state index in [1.54, 1.807) is 0 Å². The number of esters is 1. The van der Waals surface area contributed by atoms with Gasteiger partial charge in [0.1, 0.15) is 11.6 Å². The molecule has 5 aliphatic rings. The van der Waals surface area contributed by atoms with Gasteiger partial charge in [0.2, 0.25) is 12.0 Å². The molecule has 9 nitrogen and oxygen atoms in total. The lowest BCUT2D eigenvalue weighted by molar-refractivity contribution is -0.183. The zero-order valence-electron chi connectivity index (χ0n) is 19.3. The van der Waals surface area contributed by atoms with Gasteiger partial charge >= 0.3 is 18.1 Å². The molecule has 0 saturated heterocycles. The van der Waals surface area contributed by atoms with Crippen LogP contribution in [-0.4, -0.2) is 59.5 Å². The predicted octanol–water partition coefficient (Wildman–Crippen LogP) is 2.40. The zero-order chi connectivity index (χ0) is 24.1. The molecule has 33 heavy (non-hydrogen) atoms. The second kappa shape index (κ2) is 6.81. The van der Waals surface area contributed by atoms with Crippen LogP contribution in [0.25, 0.3) is 0 Å². The largest absolute Gasteiger partial charge is 0.511 e. The molecule has 0 aromatic rings. The quantitative estimate of drug-likeness (QED) is 0.406. The Morgan fingerprint density at radius 3 is 2.36 bits per heavy atom. The number of fused-ring (bicyclic) bond motifs is 2. The minimum atomic E-state index is -2.60. The molecule has 0 aromatic heterocycles. The van der Waals surface area contributed by atoms with Gasteiger partial charge in [-0.05, 0) is 42.9 Å². The van der Waals surface area contributed by atoms with Crippen LogP contribution < -0.4 is 5.73 Å². The van der Waals surface area contributed by atoms with Crippen molar-refractivity contribution in [2.75, 3.05) is 6.61 Å². The molecule has 3 unspecified atom stereocenters. The lowest BCUT2D eigenvalue weighted by atomic mass is 9.73. The summed E-state index contributed by atoms with van der Waals surface area (Å²) >= 11 is 0. The summed E-state index contributed by atoms with van der Waals surface area (Å²) in [5, 5.41) is 9.31. The topological polar surface area (TPSA) is 134 Å². The minimum Gasteiger partial charge on any atom is -0.479 e. The van der Waals surface area contributed by atoms with E-state index in [-0.39, 0.29) is 30.0 Å². The van der Waals surface area contributed by atoms with E-state index in [9.17, 15) is 23.9 Å². The highest BCUT2D eigenvalue weighted by atomic mass is 19.1. The molecule has 184 valence electrons. The van der Waals surface area contributed by atoms with Crippen LogP contribution in [-0.2, 0) is 28.5 Å². The Bertz CT molecular complexity index is 909. The van der Waals surface area contributed by atoms with Crippen LogP contribution in [0.4, 0.5) is 9.18 Å². The summed E-state index contributed by atoms with van der Waals surface area (Å²) in [6, 6.07) is 0. The van der Waals surface area contributed by atoms with Crippen molar-refractivity contribution in [3.8, 4) is 0 Å². The smallest absolute Gasteiger partial charge is 0.479 e. The number of rotatable bonds is 8. The third kappa shape index (κ3) is 2.62. The first kappa shape index (κ1) is 22.8. The van der Waals surface area contributed by atoms with Gasteiger partial charge in [-0.15, -0.1) is 0 Å². The van der Waals surface area contributed by atoms with Crippen molar-refractivity contribution in [3.63, 3.8) is 0 Å². The van der Waals surface area contributed by atoms with E-state index in [0.717, 1.165) is 6.42 Å². The van der Waals surface area contributed by atoms with Gasteiger partial charge in [-0.1, -0.05) is 20.8 Å². The summed E-state index contributed by atoms with van der Waals surface area (Å²) in [4.78, 5) is 36.8. The van der Waals surface area contributed by atoms with Crippen LogP contribution >= 0.6 is 0 Å². The van der Waals surface area contributed by atoms with E-state index in [0.29, 0.717) is 18.3 Å². The van der Waals surface area contributed by atoms with Crippen molar-refractivity contribution in [1.82, 2.24) is 0 Å². The van der Waals surface area contributed by atoms with Gasteiger partial charge in [0.05, 0.1) is 6.10 Å². The third-order valence-electron chi connectivity index (χ3n) is 9.84. The molecule has 3 N–H and O–H groups in total. The normalized spacial score (nSPS) is 51.0. The van der Waals surface area contributed by atoms with Crippen LogP contribution in [0.2, 0.25) is 0 Å². The highest BCUT2D eigenvalue weighted by molar-refractivity contribution is 5.91. The van der Waals surface area contributed by atoms with Gasteiger partial charge in [-0.25, -0.2) is 18.8 Å². The van der Waals surface area contributed by atoms with Crippen LogP contribution in [0, 0.1) is 34.5 Å². The van der Waals surface area contributed by atoms with Crippen molar-refractivity contribution in [2.24, 2.45) is 40.2 Å². The minimum absolute atomic E-state index is 0.00227. The number of nitrogens with two attached hydrogens (primary N) is 1. The number of hydrogen-bond acceptors (Lipinski definition) is 8. The molecule has 5 aliphatic carbocycles. The summed E-state index contributed by atoms with van der Waals surface area (Å²) in [5.41, 5.74) is 1.91.